The van der Waals surface area contributed by atoms with E-state index >= 15 is 0 Å². The fourth-order valence-corrected chi connectivity index (χ4v) is 3.09. The first-order valence-corrected chi connectivity index (χ1v) is 8.23. The van der Waals surface area contributed by atoms with Gasteiger partial charge in [0.1, 0.15) is 0 Å². The molecule has 0 fully saturated rings. The number of anilines is 2. The predicted octanol–water partition coefficient (Wildman–Crippen LogP) is 4.65. The second-order valence-corrected chi connectivity index (χ2v) is 6.06. The van der Waals surface area contributed by atoms with E-state index in [0.717, 1.165) is 24.6 Å². The van der Waals surface area contributed by atoms with Crippen LogP contribution in [0, 0.1) is 6.92 Å². The second kappa shape index (κ2) is 6.28. The smallest absolute Gasteiger partial charge is 0.230 e. The Balaban J connectivity index is 1.61. The number of rotatable bonds is 3. The lowest BCUT2D eigenvalue weighted by atomic mass is 10.1. The Morgan fingerprint density at radius 2 is 1.92 bits per heavy atom. The minimum absolute atomic E-state index is 0.770. The Morgan fingerprint density at radius 1 is 1.00 bits per heavy atom. The van der Waals surface area contributed by atoms with Crippen LogP contribution in [0.3, 0.4) is 0 Å². The molecular weight excluding hydrogens is 294 g/mol. The number of para-hydroxylation sites is 1. The van der Waals surface area contributed by atoms with E-state index in [1.54, 1.807) is 0 Å². The number of benzene rings is 2. The third kappa shape index (κ3) is 2.93. The van der Waals surface area contributed by atoms with Crippen LogP contribution in [-0.4, -0.2) is 16.5 Å². The van der Waals surface area contributed by atoms with Crippen molar-refractivity contribution in [2.45, 2.75) is 13.3 Å². The van der Waals surface area contributed by atoms with Crippen LogP contribution in [0.4, 0.5) is 11.6 Å². The van der Waals surface area contributed by atoms with E-state index in [1.807, 2.05) is 18.3 Å². The molecule has 0 N–H and O–H groups in total. The molecule has 3 aromatic rings. The second-order valence-electron chi connectivity index (χ2n) is 6.06. The molecule has 1 aliphatic rings. The number of fused-ring (bicyclic) bond motifs is 1. The first kappa shape index (κ1) is 14.6. The fourth-order valence-electron chi connectivity index (χ4n) is 3.09. The zero-order chi connectivity index (χ0) is 16.4. The largest absolute Gasteiger partial charge is 0.310 e. The van der Waals surface area contributed by atoms with Crippen molar-refractivity contribution in [1.29, 1.82) is 0 Å². The zero-order valence-electron chi connectivity index (χ0n) is 13.7. The number of aromatic nitrogens is 2. The third-order valence-electron chi connectivity index (χ3n) is 4.28. The highest BCUT2D eigenvalue weighted by Gasteiger charge is 2.21. The van der Waals surface area contributed by atoms with Crippen molar-refractivity contribution in [3.05, 3.63) is 83.2 Å². The summed E-state index contributed by atoms with van der Waals surface area (Å²) in [6, 6.07) is 18.8. The average Bonchev–Trinajstić information content (AvgIpc) is 3.04. The molecule has 4 rings (SSSR count). The topological polar surface area (TPSA) is 29.0 Å². The van der Waals surface area contributed by atoms with Crippen molar-refractivity contribution in [3.63, 3.8) is 0 Å². The average molecular weight is 313 g/mol. The highest BCUT2D eigenvalue weighted by molar-refractivity contribution is 5.70. The molecule has 2 heterocycles. The lowest BCUT2D eigenvalue weighted by Crippen LogP contribution is -2.16. The molecule has 3 heteroatoms. The molecule has 0 unspecified atom stereocenters. The van der Waals surface area contributed by atoms with Gasteiger partial charge in [0.05, 0.1) is 5.69 Å². The Morgan fingerprint density at radius 3 is 2.83 bits per heavy atom. The van der Waals surface area contributed by atoms with Crippen LogP contribution in [0.15, 0.2) is 60.8 Å². The summed E-state index contributed by atoms with van der Waals surface area (Å²) in [5.74, 6) is 0.770. The van der Waals surface area contributed by atoms with Crippen molar-refractivity contribution in [3.8, 4) is 0 Å². The molecule has 2 aromatic carbocycles. The van der Waals surface area contributed by atoms with Crippen molar-refractivity contribution in [2.24, 2.45) is 0 Å². The lowest BCUT2D eigenvalue weighted by molar-refractivity contribution is 0.937. The van der Waals surface area contributed by atoms with E-state index in [1.165, 1.54) is 22.4 Å². The van der Waals surface area contributed by atoms with Gasteiger partial charge in [-0.25, -0.2) is 9.97 Å². The SMILES string of the molecule is Cc1cccc(/C=C/c2ccnc(N3CCc4ccccc43)n2)c1. The first-order valence-electron chi connectivity index (χ1n) is 8.23. The van der Waals surface area contributed by atoms with Gasteiger partial charge in [0.2, 0.25) is 5.95 Å². The van der Waals surface area contributed by atoms with Crippen LogP contribution in [-0.2, 0) is 6.42 Å². The Bertz CT molecular complexity index is 899. The first-order chi connectivity index (χ1) is 11.8. The van der Waals surface area contributed by atoms with Gasteiger partial charge in [-0.3, -0.25) is 0 Å². The minimum Gasteiger partial charge on any atom is -0.310 e. The molecule has 1 aromatic heterocycles. The van der Waals surface area contributed by atoms with Crippen molar-refractivity contribution >= 4 is 23.8 Å². The summed E-state index contributed by atoms with van der Waals surface area (Å²) in [4.78, 5) is 11.4. The fraction of sp³-hybridized carbons (Fsp3) is 0.143. The molecule has 24 heavy (non-hydrogen) atoms. The number of hydrogen-bond donors (Lipinski definition) is 0. The maximum absolute atomic E-state index is 4.72. The molecule has 0 atom stereocenters. The van der Waals surface area contributed by atoms with Crippen molar-refractivity contribution < 1.29 is 0 Å². The van der Waals surface area contributed by atoms with Gasteiger partial charge in [-0.1, -0.05) is 54.1 Å². The maximum atomic E-state index is 4.72. The Labute approximate surface area is 142 Å². The van der Waals surface area contributed by atoms with E-state index in [2.05, 4.69) is 71.4 Å². The van der Waals surface area contributed by atoms with Gasteiger partial charge in [-0.2, -0.15) is 0 Å². The summed E-state index contributed by atoms with van der Waals surface area (Å²) in [7, 11) is 0. The van der Waals surface area contributed by atoms with Gasteiger partial charge in [-0.15, -0.1) is 0 Å². The van der Waals surface area contributed by atoms with Crippen molar-refractivity contribution in [2.75, 3.05) is 11.4 Å². The van der Waals surface area contributed by atoms with Crippen LogP contribution in [0.2, 0.25) is 0 Å². The predicted molar refractivity (Wildman–Crippen MR) is 99.3 cm³/mol. The Kier molecular flexibility index (Phi) is 3.83. The van der Waals surface area contributed by atoms with Gasteiger partial charge in [-0.05, 0) is 42.7 Å². The molecule has 0 aliphatic carbocycles. The van der Waals surface area contributed by atoms with Crippen LogP contribution < -0.4 is 4.90 Å². The number of aryl methyl sites for hydroxylation is 1. The normalized spacial score (nSPS) is 13.5. The summed E-state index contributed by atoms with van der Waals surface area (Å²) in [5, 5.41) is 0. The lowest BCUT2D eigenvalue weighted by Gasteiger charge is -2.17. The molecule has 0 radical (unpaired) electrons. The Hall–Kier alpha value is -2.94. The van der Waals surface area contributed by atoms with E-state index in [4.69, 9.17) is 4.98 Å². The molecular formula is C21H19N3. The number of hydrogen-bond acceptors (Lipinski definition) is 3. The molecule has 0 saturated carbocycles. The molecule has 0 bridgehead atoms. The van der Waals surface area contributed by atoms with E-state index in [9.17, 15) is 0 Å². The van der Waals surface area contributed by atoms with E-state index in [-0.39, 0.29) is 0 Å². The molecule has 3 nitrogen and oxygen atoms in total. The van der Waals surface area contributed by atoms with Crippen LogP contribution in [0.5, 0.6) is 0 Å². The van der Waals surface area contributed by atoms with Gasteiger partial charge >= 0.3 is 0 Å². The maximum Gasteiger partial charge on any atom is 0.230 e. The molecule has 0 amide bonds. The van der Waals surface area contributed by atoms with Gasteiger partial charge in [0.25, 0.3) is 0 Å². The summed E-state index contributed by atoms with van der Waals surface area (Å²) in [6.45, 7) is 3.04. The van der Waals surface area contributed by atoms with Crippen LogP contribution >= 0.6 is 0 Å². The minimum atomic E-state index is 0.770. The standard InChI is InChI=1S/C21H19N3/c1-16-5-4-6-17(15-16)9-10-19-11-13-22-21(23-19)24-14-12-18-7-2-3-8-20(18)24/h2-11,13,15H,12,14H2,1H3/b10-9+. The van der Waals surface area contributed by atoms with Gasteiger partial charge in [0.15, 0.2) is 0 Å². The third-order valence-corrected chi connectivity index (χ3v) is 4.28. The highest BCUT2D eigenvalue weighted by atomic mass is 15.3. The van der Waals surface area contributed by atoms with Gasteiger partial charge in [0, 0.05) is 18.4 Å². The van der Waals surface area contributed by atoms with E-state index < -0.39 is 0 Å². The molecule has 118 valence electrons. The summed E-state index contributed by atoms with van der Waals surface area (Å²) >= 11 is 0. The summed E-state index contributed by atoms with van der Waals surface area (Å²) in [5.41, 5.74) is 5.95. The summed E-state index contributed by atoms with van der Waals surface area (Å²) < 4.78 is 0. The van der Waals surface area contributed by atoms with Crippen LogP contribution in [0.1, 0.15) is 22.4 Å². The quantitative estimate of drug-likeness (QED) is 0.705. The monoisotopic (exact) mass is 313 g/mol. The van der Waals surface area contributed by atoms with Crippen LogP contribution in [0.25, 0.3) is 12.2 Å². The zero-order valence-corrected chi connectivity index (χ0v) is 13.7. The van der Waals surface area contributed by atoms with E-state index in [0.29, 0.717) is 0 Å². The molecule has 0 saturated heterocycles. The van der Waals surface area contributed by atoms with Gasteiger partial charge < -0.3 is 4.90 Å². The number of nitrogens with zero attached hydrogens (tertiary/aromatic N) is 3. The van der Waals surface area contributed by atoms with Crippen molar-refractivity contribution in [1.82, 2.24) is 9.97 Å². The molecule has 1 aliphatic heterocycles. The molecule has 0 spiro atoms. The highest BCUT2D eigenvalue weighted by Crippen LogP contribution is 2.32. The summed E-state index contributed by atoms with van der Waals surface area (Å²) in [6.07, 6.45) is 7.01.